The molecule has 0 fully saturated rings. The van der Waals surface area contributed by atoms with Crippen molar-refractivity contribution in [2.45, 2.75) is 6.42 Å². The fraction of sp³-hybridized carbons (Fsp3) is 0.211. The minimum Gasteiger partial charge on any atom is -0.496 e. The Labute approximate surface area is 161 Å². The van der Waals surface area contributed by atoms with Gasteiger partial charge in [-0.2, -0.15) is 0 Å². The molecule has 2 amide bonds. The van der Waals surface area contributed by atoms with E-state index in [0.717, 1.165) is 0 Å². The minimum atomic E-state index is -0.607. The zero-order valence-electron chi connectivity index (χ0n) is 14.7. The number of rotatable bonds is 8. The van der Waals surface area contributed by atoms with E-state index < -0.39 is 18.5 Å². The van der Waals surface area contributed by atoms with Crippen LogP contribution in [-0.2, 0) is 14.3 Å². The molecule has 0 heterocycles. The number of benzene rings is 2. The number of halogens is 1. The Hall–Kier alpha value is -3.06. The highest BCUT2D eigenvalue weighted by Crippen LogP contribution is 2.20. The Morgan fingerprint density at radius 3 is 2.48 bits per heavy atom. The molecule has 2 aromatic carbocycles. The number of esters is 1. The standard InChI is InChI=1S/C19H19ClN2O5/c1-26-16-9-5-2-6-13(16)19(25)21-11-10-18(24)27-12-17(23)22-15-8-4-3-7-14(15)20/h2-9H,10-12H2,1H3,(H,21,25)(H,22,23). The summed E-state index contributed by atoms with van der Waals surface area (Å²) in [4.78, 5) is 35.6. The Morgan fingerprint density at radius 2 is 1.74 bits per heavy atom. The maximum atomic E-state index is 12.1. The summed E-state index contributed by atoms with van der Waals surface area (Å²) in [5.74, 6) is -1.04. The van der Waals surface area contributed by atoms with Crippen molar-refractivity contribution in [1.82, 2.24) is 5.32 Å². The maximum Gasteiger partial charge on any atom is 0.308 e. The van der Waals surface area contributed by atoms with E-state index >= 15 is 0 Å². The molecule has 0 aliphatic rings. The Bertz CT molecular complexity index is 825. The molecule has 2 rings (SSSR count). The predicted molar refractivity (Wildman–Crippen MR) is 101 cm³/mol. The van der Waals surface area contributed by atoms with Gasteiger partial charge >= 0.3 is 5.97 Å². The summed E-state index contributed by atoms with van der Waals surface area (Å²) < 4.78 is 9.99. The van der Waals surface area contributed by atoms with Crippen molar-refractivity contribution in [3.63, 3.8) is 0 Å². The zero-order chi connectivity index (χ0) is 19.6. The molecule has 0 aromatic heterocycles. The largest absolute Gasteiger partial charge is 0.496 e. The monoisotopic (exact) mass is 390 g/mol. The van der Waals surface area contributed by atoms with Crippen LogP contribution in [0.3, 0.4) is 0 Å². The second-order valence-electron chi connectivity index (χ2n) is 5.39. The van der Waals surface area contributed by atoms with E-state index in [0.29, 0.717) is 22.0 Å². The van der Waals surface area contributed by atoms with Gasteiger partial charge in [0.15, 0.2) is 6.61 Å². The average molecular weight is 391 g/mol. The lowest BCUT2D eigenvalue weighted by Crippen LogP contribution is -2.28. The van der Waals surface area contributed by atoms with Crippen molar-refractivity contribution in [1.29, 1.82) is 0 Å². The quantitative estimate of drug-likeness (QED) is 0.676. The van der Waals surface area contributed by atoms with Gasteiger partial charge in [0.2, 0.25) is 0 Å². The lowest BCUT2D eigenvalue weighted by atomic mass is 10.2. The molecule has 0 saturated heterocycles. The first-order valence-electron chi connectivity index (χ1n) is 8.12. The second-order valence-corrected chi connectivity index (χ2v) is 5.80. The highest BCUT2D eigenvalue weighted by Gasteiger charge is 2.13. The Morgan fingerprint density at radius 1 is 1.04 bits per heavy atom. The molecule has 0 aliphatic heterocycles. The van der Waals surface area contributed by atoms with E-state index in [1.165, 1.54) is 7.11 Å². The fourth-order valence-electron chi connectivity index (χ4n) is 2.17. The topological polar surface area (TPSA) is 93.7 Å². The van der Waals surface area contributed by atoms with Crippen LogP contribution < -0.4 is 15.4 Å². The molecule has 2 aromatic rings. The molecule has 0 aliphatic carbocycles. The minimum absolute atomic E-state index is 0.0692. The number of amides is 2. The van der Waals surface area contributed by atoms with Crippen LogP contribution >= 0.6 is 11.6 Å². The molecular weight excluding hydrogens is 372 g/mol. The number of ether oxygens (including phenoxy) is 2. The first-order valence-corrected chi connectivity index (χ1v) is 8.50. The SMILES string of the molecule is COc1ccccc1C(=O)NCCC(=O)OCC(=O)Nc1ccccc1Cl. The Balaban J connectivity index is 1.71. The van der Waals surface area contributed by atoms with E-state index in [4.69, 9.17) is 21.1 Å². The first kappa shape index (κ1) is 20.3. The molecule has 0 unspecified atom stereocenters. The average Bonchev–Trinajstić information content (AvgIpc) is 2.68. The molecule has 7 nitrogen and oxygen atoms in total. The van der Waals surface area contributed by atoms with Gasteiger partial charge in [0, 0.05) is 6.54 Å². The summed E-state index contributed by atoms with van der Waals surface area (Å²) in [6.45, 7) is -0.369. The second kappa shape index (κ2) is 10.2. The molecule has 8 heteroatoms. The van der Waals surface area contributed by atoms with Gasteiger partial charge in [-0.3, -0.25) is 14.4 Å². The molecular formula is C19H19ClN2O5. The van der Waals surface area contributed by atoms with Gasteiger partial charge in [-0.15, -0.1) is 0 Å². The van der Waals surface area contributed by atoms with Crippen molar-refractivity contribution in [3.05, 3.63) is 59.1 Å². The van der Waals surface area contributed by atoms with Crippen LogP contribution in [0.2, 0.25) is 5.02 Å². The normalized spacial score (nSPS) is 10.0. The van der Waals surface area contributed by atoms with Crippen molar-refractivity contribution < 1.29 is 23.9 Å². The predicted octanol–water partition coefficient (Wildman–Crippen LogP) is 2.65. The van der Waals surface area contributed by atoms with Crippen molar-refractivity contribution in [2.24, 2.45) is 0 Å². The molecule has 0 radical (unpaired) electrons. The van der Waals surface area contributed by atoms with Gasteiger partial charge in [-0.1, -0.05) is 35.9 Å². The van der Waals surface area contributed by atoms with Crippen LogP contribution in [0, 0.1) is 0 Å². The van der Waals surface area contributed by atoms with E-state index in [2.05, 4.69) is 10.6 Å². The van der Waals surface area contributed by atoms with Gasteiger partial charge in [0.05, 0.1) is 29.8 Å². The van der Waals surface area contributed by atoms with Crippen LogP contribution in [-0.4, -0.2) is 38.0 Å². The molecule has 0 saturated carbocycles. The molecule has 2 N–H and O–H groups in total. The summed E-state index contributed by atoms with van der Waals surface area (Å²) in [7, 11) is 1.47. The van der Waals surface area contributed by atoms with Gasteiger partial charge in [0.1, 0.15) is 5.75 Å². The van der Waals surface area contributed by atoms with Crippen LogP contribution in [0.5, 0.6) is 5.75 Å². The third-order valence-electron chi connectivity index (χ3n) is 3.48. The van der Waals surface area contributed by atoms with E-state index in [-0.39, 0.29) is 18.9 Å². The summed E-state index contributed by atoms with van der Waals surface area (Å²) in [5.41, 5.74) is 0.803. The summed E-state index contributed by atoms with van der Waals surface area (Å²) in [5, 5.41) is 5.53. The van der Waals surface area contributed by atoms with Crippen LogP contribution in [0.25, 0.3) is 0 Å². The smallest absolute Gasteiger partial charge is 0.308 e. The molecule has 0 spiro atoms. The third kappa shape index (κ3) is 6.31. The number of anilines is 1. The van der Waals surface area contributed by atoms with E-state index in [9.17, 15) is 14.4 Å². The lowest BCUT2D eigenvalue weighted by molar-refractivity contribution is -0.147. The lowest BCUT2D eigenvalue weighted by Gasteiger charge is -2.09. The van der Waals surface area contributed by atoms with E-state index in [1.807, 2.05) is 0 Å². The highest BCUT2D eigenvalue weighted by atomic mass is 35.5. The van der Waals surface area contributed by atoms with Crippen LogP contribution in [0.1, 0.15) is 16.8 Å². The number of carbonyl (C=O) groups is 3. The third-order valence-corrected chi connectivity index (χ3v) is 3.81. The van der Waals surface area contributed by atoms with Gasteiger partial charge in [-0.05, 0) is 24.3 Å². The summed E-state index contributed by atoms with van der Waals surface area (Å²) >= 11 is 5.93. The molecule has 0 atom stereocenters. The van der Waals surface area contributed by atoms with Crippen molar-refractivity contribution in [3.8, 4) is 5.75 Å². The molecule has 0 bridgehead atoms. The first-order chi connectivity index (χ1) is 13.0. The molecule has 27 heavy (non-hydrogen) atoms. The number of carbonyl (C=O) groups excluding carboxylic acids is 3. The summed E-state index contributed by atoms with van der Waals surface area (Å²) in [6, 6.07) is 13.5. The van der Waals surface area contributed by atoms with Gasteiger partial charge < -0.3 is 20.1 Å². The highest BCUT2D eigenvalue weighted by molar-refractivity contribution is 6.33. The number of nitrogens with one attached hydrogen (secondary N) is 2. The van der Waals surface area contributed by atoms with Crippen LogP contribution in [0.15, 0.2) is 48.5 Å². The van der Waals surface area contributed by atoms with Crippen molar-refractivity contribution in [2.75, 3.05) is 25.6 Å². The zero-order valence-corrected chi connectivity index (χ0v) is 15.4. The summed E-state index contributed by atoms with van der Waals surface area (Å²) in [6.07, 6.45) is -0.0692. The number of methoxy groups -OCH3 is 1. The number of para-hydroxylation sites is 2. The Kier molecular flexibility index (Phi) is 7.63. The molecule has 142 valence electrons. The van der Waals surface area contributed by atoms with Gasteiger partial charge in [0.25, 0.3) is 11.8 Å². The maximum absolute atomic E-state index is 12.1. The number of hydrogen-bond acceptors (Lipinski definition) is 5. The number of hydrogen-bond donors (Lipinski definition) is 2. The fourth-order valence-corrected chi connectivity index (χ4v) is 2.36. The van der Waals surface area contributed by atoms with E-state index in [1.54, 1.807) is 48.5 Å². The van der Waals surface area contributed by atoms with Crippen molar-refractivity contribution >= 4 is 35.1 Å². The van der Waals surface area contributed by atoms with Gasteiger partial charge in [-0.25, -0.2) is 0 Å². The van der Waals surface area contributed by atoms with Crippen LogP contribution in [0.4, 0.5) is 5.69 Å².